The Morgan fingerprint density at radius 2 is 2.10 bits per heavy atom. The molecule has 5 heteroatoms. The zero-order chi connectivity index (χ0) is 14.5. The summed E-state index contributed by atoms with van der Waals surface area (Å²) in [5.41, 5.74) is 2.80. The van der Waals surface area contributed by atoms with Crippen molar-refractivity contribution < 1.29 is 4.79 Å². The molecule has 0 radical (unpaired) electrons. The molecule has 1 heterocycles. The largest absolute Gasteiger partial charge is 0.333 e. The minimum atomic E-state index is -0.0456. The molecule has 0 fully saturated rings. The second-order valence-electron chi connectivity index (χ2n) is 5.30. The standard InChI is InChI=1S/C15H19N3OS/c1-11(2)8-18(15(19)14-10-20-17-16-14)9-13-7-5-4-6-12(13)3/h4-7,10-11H,8-9H2,1-3H3. The summed E-state index contributed by atoms with van der Waals surface area (Å²) >= 11 is 1.21. The molecule has 106 valence electrons. The van der Waals surface area contributed by atoms with Crippen LogP contribution in [0.1, 0.15) is 35.5 Å². The lowest BCUT2D eigenvalue weighted by Crippen LogP contribution is -2.34. The lowest BCUT2D eigenvalue weighted by molar-refractivity contribution is 0.0716. The third-order valence-electron chi connectivity index (χ3n) is 3.07. The second-order valence-corrected chi connectivity index (χ2v) is 5.91. The molecule has 1 amide bonds. The third-order valence-corrected chi connectivity index (χ3v) is 3.58. The van der Waals surface area contributed by atoms with E-state index < -0.39 is 0 Å². The lowest BCUT2D eigenvalue weighted by atomic mass is 10.1. The van der Waals surface area contributed by atoms with Gasteiger partial charge in [-0.05, 0) is 35.5 Å². The summed E-state index contributed by atoms with van der Waals surface area (Å²) in [7, 11) is 0. The van der Waals surface area contributed by atoms with Gasteiger partial charge >= 0.3 is 0 Å². The summed E-state index contributed by atoms with van der Waals surface area (Å²) in [6.07, 6.45) is 0. The number of amides is 1. The number of carbonyl (C=O) groups is 1. The predicted molar refractivity (Wildman–Crippen MR) is 80.7 cm³/mol. The molecule has 0 spiro atoms. The molecule has 0 atom stereocenters. The highest BCUT2D eigenvalue weighted by Gasteiger charge is 2.20. The first-order valence-electron chi connectivity index (χ1n) is 6.68. The van der Waals surface area contributed by atoms with Gasteiger partial charge in [0.1, 0.15) is 0 Å². The molecular formula is C15H19N3OS. The van der Waals surface area contributed by atoms with Crippen molar-refractivity contribution in [1.82, 2.24) is 14.5 Å². The zero-order valence-corrected chi connectivity index (χ0v) is 12.9. The number of hydrogen-bond donors (Lipinski definition) is 0. The molecular weight excluding hydrogens is 270 g/mol. The number of hydrogen-bond acceptors (Lipinski definition) is 4. The third kappa shape index (κ3) is 3.63. The Morgan fingerprint density at radius 1 is 1.35 bits per heavy atom. The summed E-state index contributed by atoms with van der Waals surface area (Å²) in [5, 5.41) is 5.59. The van der Waals surface area contributed by atoms with Crippen molar-refractivity contribution in [2.24, 2.45) is 5.92 Å². The molecule has 0 aliphatic carbocycles. The van der Waals surface area contributed by atoms with Crippen LogP contribution in [0.4, 0.5) is 0 Å². The molecule has 20 heavy (non-hydrogen) atoms. The first kappa shape index (κ1) is 14.7. The van der Waals surface area contributed by atoms with E-state index in [1.807, 2.05) is 17.0 Å². The van der Waals surface area contributed by atoms with E-state index in [0.717, 1.165) is 0 Å². The lowest BCUT2D eigenvalue weighted by Gasteiger charge is -2.24. The Morgan fingerprint density at radius 3 is 2.70 bits per heavy atom. The SMILES string of the molecule is Cc1ccccc1CN(CC(C)C)C(=O)c1csnn1. The maximum atomic E-state index is 12.5. The molecule has 0 aliphatic heterocycles. The Kier molecular flexibility index (Phi) is 4.84. The van der Waals surface area contributed by atoms with E-state index in [1.54, 1.807) is 5.38 Å². The number of aromatic nitrogens is 2. The molecule has 0 saturated carbocycles. The average Bonchev–Trinajstić information content (AvgIpc) is 2.93. The fourth-order valence-corrected chi connectivity index (χ4v) is 2.50. The van der Waals surface area contributed by atoms with Crippen molar-refractivity contribution in [3.63, 3.8) is 0 Å². The minimum absolute atomic E-state index is 0.0456. The number of nitrogens with zero attached hydrogens (tertiary/aromatic N) is 3. The fourth-order valence-electron chi connectivity index (χ4n) is 2.07. The van der Waals surface area contributed by atoms with Crippen LogP contribution in [0.2, 0.25) is 0 Å². The average molecular weight is 289 g/mol. The van der Waals surface area contributed by atoms with Gasteiger partial charge in [-0.2, -0.15) is 0 Å². The summed E-state index contributed by atoms with van der Waals surface area (Å²) in [6, 6.07) is 8.15. The molecule has 0 saturated heterocycles. The van der Waals surface area contributed by atoms with Crippen LogP contribution < -0.4 is 0 Å². The minimum Gasteiger partial charge on any atom is -0.333 e. The van der Waals surface area contributed by atoms with Crippen LogP contribution in [0.25, 0.3) is 0 Å². The van der Waals surface area contributed by atoms with Gasteiger partial charge in [-0.3, -0.25) is 4.79 Å². The number of benzene rings is 1. The van der Waals surface area contributed by atoms with Gasteiger partial charge in [-0.1, -0.05) is 42.6 Å². The topological polar surface area (TPSA) is 46.1 Å². The van der Waals surface area contributed by atoms with Crippen molar-refractivity contribution in [3.05, 3.63) is 46.5 Å². The van der Waals surface area contributed by atoms with Crippen LogP contribution in [-0.2, 0) is 6.54 Å². The van der Waals surface area contributed by atoms with Crippen molar-refractivity contribution in [3.8, 4) is 0 Å². The van der Waals surface area contributed by atoms with E-state index in [-0.39, 0.29) is 5.91 Å². The van der Waals surface area contributed by atoms with Crippen molar-refractivity contribution in [1.29, 1.82) is 0 Å². The number of carbonyl (C=O) groups excluding carboxylic acids is 1. The van der Waals surface area contributed by atoms with Crippen LogP contribution in [0.15, 0.2) is 29.6 Å². The summed E-state index contributed by atoms with van der Waals surface area (Å²) in [4.78, 5) is 14.3. The van der Waals surface area contributed by atoms with Crippen LogP contribution in [-0.4, -0.2) is 26.9 Å². The zero-order valence-electron chi connectivity index (χ0n) is 12.0. The van der Waals surface area contributed by atoms with E-state index in [4.69, 9.17) is 0 Å². The van der Waals surface area contributed by atoms with Crippen LogP contribution >= 0.6 is 11.5 Å². The van der Waals surface area contributed by atoms with Gasteiger partial charge in [0, 0.05) is 18.5 Å². The molecule has 2 rings (SSSR count). The van der Waals surface area contributed by atoms with Gasteiger partial charge in [0.2, 0.25) is 0 Å². The van der Waals surface area contributed by atoms with Gasteiger partial charge in [-0.15, -0.1) is 5.10 Å². The highest BCUT2D eigenvalue weighted by Crippen LogP contribution is 2.14. The predicted octanol–water partition coefficient (Wildman–Crippen LogP) is 3.14. The maximum Gasteiger partial charge on any atom is 0.275 e. The summed E-state index contributed by atoms with van der Waals surface area (Å²) < 4.78 is 3.77. The Labute approximate surface area is 123 Å². The smallest absolute Gasteiger partial charge is 0.275 e. The molecule has 0 N–H and O–H groups in total. The van der Waals surface area contributed by atoms with Gasteiger partial charge in [0.15, 0.2) is 5.69 Å². The Hall–Kier alpha value is -1.75. The second kappa shape index (κ2) is 6.61. The van der Waals surface area contributed by atoms with Crippen LogP contribution in [0.3, 0.4) is 0 Å². The van der Waals surface area contributed by atoms with Crippen LogP contribution in [0.5, 0.6) is 0 Å². The van der Waals surface area contributed by atoms with Crippen molar-refractivity contribution in [2.75, 3.05) is 6.54 Å². The maximum absolute atomic E-state index is 12.5. The van der Waals surface area contributed by atoms with E-state index in [1.165, 1.54) is 22.7 Å². The van der Waals surface area contributed by atoms with E-state index in [2.05, 4.69) is 42.5 Å². The quantitative estimate of drug-likeness (QED) is 0.849. The molecule has 0 bridgehead atoms. The number of aryl methyl sites for hydroxylation is 1. The molecule has 4 nitrogen and oxygen atoms in total. The normalized spacial score (nSPS) is 10.8. The fraction of sp³-hybridized carbons (Fsp3) is 0.400. The molecule has 0 aliphatic rings. The summed E-state index contributed by atoms with van der Waals surface area (Å²) in [6.45, 7) is 7.61. The Balaban J connectivity index is 2.20. The van der Waals surface area contributed by atoms with E-state index in [0.29, 0.717) is 24.7 Å². The first-order chi connectivity index (χ1) is 9.58. The monoisotopic (exact) mass is 289 g/mol. The van der Waals surface area contributed by atoms with E-state index >= 15 is 0 Å². The van der Waals surface area contributed by atoms with Crippen molar-refractivity contribution in [2.45, 2.75) is 27.3 Å². The Bertz CT molecular complexity index is 566. The van der Waals surface area contributed by atoms with Gasteiger partial charge in [0.05, 0.1) is 0 Å². The van der Waals surface area contributed by atoms with Gasteiger partial charge < -0.3 is 4.90 Å². The molecule has 0 unspecified atom stereocenters. The highest BCUT2D eigenvalue weighted by molar-refractivity contribution is 7.03. The number of rotatable bonds is 5. The van der Waals surface area contributed by atoms with Gasteiger partial charge in [-0.25, -0.2) is 0 Å². The molecule has 2 aromatic rings. The first-order valence-corrected chi connectivity index (χ1v) is 7.52. The molecule has 1 aromatic carbocycles. The van der Waals surface area contributed by atoms with Crippen molar-refractivity contribution >= 4 is 17.4 Å². The van der Waals surface area contributed by atoms with Crippen LogP contribution in [0, 0.1) is 12.8 Å². The highest BCUT2D eigenvalue weighted by atomic mass is 32.1. The molecule has 1 aromatic heterocycles. The van der Waals surface area contributed by atoms with Gasteiger partial charge in [0.25, 0.3) is 5.91 Å². The summed E-state index contributed by atoms with van der Waals surface area (Å²) in [5.74, 6) is 0.366. The van der Waals surface area contributed by atoms with E-state index in [9.17, 15) is 4.79 Å².